The van der Waals surface area contributed by atoms with Crippen molar-refractivity contribution in [3.63, 3.8) is 0 Å². The highest BCUT2D eigenvalue weighted by Gasteiger charge is 2.44. The molecule has 5 amide bonds. The Morgan fingerprint density at radius 3 is 2.15 bits per heavy atom. The van der Waals surface area contributed by atoms with Gasteiger partial charge in [0, 0.05) is 85.3 Å². The Hall–Kier alpha value is -5.67. The lowest BCUT2D eigenvalue weighted by atomic mass is 9.90. The van der Waals surface area contributed by atoms with E-state index in [4.69, 9.17) is 11.6 Å². The summed E-state index contributed by atoms with van der Waals surface area (Å²) in [7, 11) is 2.05. The zero-order valence-electron chi connectivity index (χ0n) is 30.6. The van der Waals surface area contributed by atoms with Crippen LogP contribution in [0.1, 0.15) is 88.0 Å². The maximum absolute atomic E-state index is 13.3. The minimum Gasteiger partial charge on any atom is -0.372 e. The number of imide groups is 2. The van der Waals surface area contributed by atoms with Gasteiger partial charge in [0.25, 0.3) is 17.7 Å². The largest absolute Gasteiger partial charge is 0.372 e. The summed E-state index contributed by atoms with van der Waals surface area (Å²) in [5.41, 5.74) is 3.79. The van der Waals surface area contributed by atoms with E-state index in [0.717, 1.165) is 85.2 Å². The number of carbonyl (C=O) groups excluding carboxylic acids is 5. The lowest BCUT2D eigenvalue weighted by Gasteiger charge is -2.36. The van der Waals surface area contributed by atoms with Gasteiger partial charge in [0.15, 0.2) is 0 Å². The monoisotopic (exact) mass is 759 g/mol. The standard InChI is InChI=1S/C42H42ClN7O5/c1-47(33-9-4-27(21-44)36(43)20-33)31-10-5-30(6-11-31)45-39(52)26-2-7-32(8-3-26)49-16-14-25(15-17-49)22-48-23-28-18-34-35(19-29(28)24-48)42(55)50(41(34)54)37-12-13-38(51)46-40(37)53/h2-4,7-9,18-20,23-25,30-31,37H,5-6,10-17,22H2,1H3,(H,45,52)(H,46,51,53)/t30-,31-,37?. The summed E-state index contributed by atoms with van der Waals surface area (Å²) < 4.78 is 2.14. The minimum absolute atomic E-state index is 0.0503. The van der Waals surface area contributed by atoms with E-state index in [1.54, 1.807) is 18.2 Å². The van der Waals surface area contributed by atoms with Gasteiger partial charge >= 0.3 is 0 Å². The van der Waals surface area contributed by atoms with Crippen LogP contribution >= 0.6 is 11.6 Å². The van der Waals surface area contributed by atoms with E-state index >= 15 is 0 Å². The average Bonchev–Trinajstić information content (AvgIpc) is 3.69. The van der Waals surface area contributed by atoms with Gasteiger partial charge in [0.2, 0.25) is 11.8 Å². The molecule has 0 radical (unpaired) electrons. The second-order valence-corrected chi connectivity index (χ2v) is 15.7. The van der Waals surface area contributed by atoms with Crippen LogP contribution in [0.2, 0.25) is 5.02 Å². The van der Waals surface area contributed by atoms with Crippen LogP contribution in [0.15, 0.2) is 67.0 Å². The number of nitriles is 1. The normalized spacial score (nSPS) is 21.7. The van der Waals surface area contributed by atoms with Gasteiger partial charge in [-0.3, -0.25) is 34.2 Å². The number of halogens is 1. The molecule has 0 bridgehead atoms. The van der Waals surface area contributed by atoms with Gasteiger partial charge in [0.05, 0.1) is 21.7 Å². The molecule has 0 spiro atoms. The van der Waals surface area contributed by atoms with Crippen molar-refractivity contribution in [2.45, 2.75) is 76.0 Å². The van der Waals surface area contributed by atoms with Crippen molar-refractivity contribution in [3.05, 3.63) is 94.3 Å². The van der Waals surface area contributed by atoms with E-state index in [1.807, 2.05) is 48.8 Å². The fraction of sp³-hybridized carbons (Fsp3) is 0.381. The van der Waals surface area contributed by atoms with E-state index in [-0.39, 0.29) is 35.9 Å². The van der Waals surface area contributed by atoms with Crippen molar-refractivity contribution in [1.29, 1.82) is 5.26 Å². The van der Waals surface area contributed by atoms with Crippen LogP contribution in [0.3, 0.4) is 0 Å². The number of nitrogens with zero attached hydrogens (tertiary/aromatic N) is 5. The summed E-state index contributed by atoms with van der Waals surface area (Å²) in [6.07, 6.45) is 9.92. The Bertz CT molecular complexity index is 2190. The second kappa shape index (κ2) is 14.9. The maximum Gasteiger partial charge on any atom is 0.262 e. The molecule has 3 aromatic carbocycles. The fourth-order valence-corrected chi connectivity index (χ4v) is 8.89. The highest BCUT2D eigenvalue weighted by atomic mass is 35.5. The molecule has 12 nitrogen and oxygen atoms in total. The first-order valence-electron chi connectivity index (χ1n) is 19.0. The number of amides is 5. The summed E-state index contributed by atoms with van der Waals surface area (Å²) in [6.45, 7) is 2.62. The van der Waals surface area contributed by atoms with Crippen molar-refractivity contribution in [1.82, 2.24) is 20.1 Å². The van der Waals surface area contributed by atoms with Crippen LogP contribution in [0.25, 0.3) is 10.8 Å². The molecular formula is C42H42ClN7O5. The smallest absolute Gasteiger partial charge is 0.262 e. The first-order valence-corrected chi connectivity index (χ1v) is 19.4. The third kappa shape index (κ3) is 7.16. The second-order valence-electron chi connectivity index (χ2n) is 15.3. The molecule has 4 heterocycles. The van der Waals surface area contributed by atoms with Gasteiger partial charge in [-0.1, -0.05) is 11.6 Å². The van der Waals surface area contributed by atoms with Crippen molar-refractivity contribution >= 4 is 63.3 Å². The quantitative estimate of drug-likeness (QED) is 0.219. The molecule has 2 saturated heterocycles. The highest BCUT2D eigenvalue weighted by Crippen LogP contribution is 2.33. The predicted molar refractivity (Wildman–Crippen MR) is 208 cm³/mol. The molecule has 4 aromatic rings. The summed E-state index contributed by atoms with van der Waals surface area (Å²) in [6, 6.07) is 18.5. The molecule has 1 saturated carbocycles. The number of rotatable bonds is 8. The van der Waals surface area contributed by atoms with Gasteiger partial charge in [-0.25, -0.2) is 0 Å². The predicted octanol–water partition coefficient (Wildman–Crippen LogP) is 5.66. The molecule has 1 atom stereocenters. The lowest BCUT2D eigenvalue weighted by Crippen LogP contribution is -2.54. The molecule has 1 unspecified atom stereocenters. The summed E-state index contributed by atoms with van der Waals surface area (Å²) >= 11 is 6.26. The van der Waals surface area contributed by atoms with Crippen LogP contribution in [0.4, 0.5) is 11.4 Å². The van der Waals surface area contributed by atoms with Crippen LogP contribution < -0.4 is 20.4 Å². The molecule has 1 aromatic heterocycles. The van der Waals surface area contributed by atoms with Crippen LogP contribution in [-0.4, -0.2) is 77.3 Å². The number of hydrogen-bond donors (Lipinski definition) is 2. The van der Waals surface area contributed by atoms with Crippen LogP contribution in [-0.2, 0) is 16.1 Å². The van der Waals surface area contributed by atoms with Crippen LogP contribution in [0.5, 0.6) is 0 Å². The number of carbonyl (C=O) groups is 5. The molecule has 2 N–H and O–H groups in total. The van der Waals surface area contributed by atoms with Crippen molar-refractivity contribution in [2.75, 3.05) is 29.9 Å². The zero-order valence-corrected chi connectivity index (χ0v) is 31.3. The summed E-state index contributed by atoms with van der Waals surface area (Å²) in [4.78, 5) is 69.3. The van der Waals surface area contributed by atoms with Crippen molar-refractivity contribution in [3.8, 4) is 6.07 Å². The van der Waals surface area contributed by atoms with Gasteiger partial charge < -0.3 is 19.7 Å². The number of piperidine rings is 2. The van der Waals surface area contributed by atoms with E-state index in [9.17, 15) is 29.2 Å². The van der Waals surface area contributed by atoms with E-state index in [1.165, 1.54) is 0 Å². The lowest BCUT2D eigenvalue weighted by molar-refractivity contribution is -0.136. The molecule has 3 aliphatic heterocycles. The number of nitrogens with one attached hydrogen (secondary N) is 2. The van der Waals surface area contributed by atoms with Gasteiger partial charge in [0.1, 0.15) is 12.1 Å². The molecular weight excluding hydrogens is 718 g/mol. The maximum atomic E-state index is 13.3. The Kier molecular flexibility index (Phi) is 9.82. The minimum atomic E-state index is -0.980. The average molecular weight is 760 g/mol. The molecule has 282 valence electrons. The molecule has 4 aliphatic rings. The SMILES string of the molecule is CN(c1ccc(C#N)c(Cl)c1)[C@H]1CC[C@H](NC(=O)c2ccc(N3CCC(Cn4cc5cc6c(cc5c4)C(=O)N(C4CCC(=O)NC4=O)C6=O)CC3)cc2)CC1. The highest BCUT2D eigenvalue weighted by molar-refractivity contribution is 6.32. The van der Waals surface area contributed by atoms with Gasteiger partial charge in [-0.05, 0) is 105 Å². The van der Waals surface area contributed by atoms with Gasteiger partial charge in [-0.2, -0.15) is 5.26 Å². The first kappa shape index (κ1) is 36.3. The summed E-state index contributed by atoms with van der Waals surface area (Å²) in [5.74, 6) is -1.60. The van der Waals surface area contributed by atoms with Gasteiger partial charge in [-0.15, -0.1) is 0 Å². The summed E-state index contributed by atoms with van der Waals surface area (Å²) in [5, 5.41) is 16.8. The van der Waals surface area contributed by atoms with Crippen LogP contribution in [0, 0.1) is 17.2 Å². The Labute approximate surface area is 324 Å². The number of anilines is 2. The Balaban J connectivity index is 0.810. The first-order chi connectivity index (χ1) is 26.6. The number of benzene rings is 3. The Morgan fingerprint density at radius 1 is 0.891 bits per heavy atom. The van der Waals surface area contributed by atoms with E-state index in [2.05, 4.69) is 38.1 Å². The topological polar surface area (TPSA) is 148 Å². The molecule has 1 aliphatic carbocycles. The number of hydrogen-bond acceptors (Lipinski definition) is 8. The molecule has 13 heteroatoms. The molecule has 8 rings (SSSR count). The van der Waals surface area contributed by atoms with E-state index in [0.29, 0.717) is 28.1 Å². The third-order valence-electron chi connectivity index (χ3n) is 11.9. The molecule has 55 heavy (non-hydrogen) atoms. The van der Waals surface area contributed by atoms with Crippen molar-refractivity contribution < 1.29 is 24.0 Å². The number of aromatic nitrogens is 1. The zero-order chi connectivity index (χ0) is 38.4. The third-order valence-corrected chi connectivity index (χ3v) is 12.2. The Morgan fingerprint density at radius 2 is 1.55 bits per heavy atom. The van der Waals surface area contributed by atoms with Crippen molar-refractivity contribution in [2.24, 2.45) is 5.92 Å². The fourth-order valence-electron chi connectivity index (χ4n) is 8.67. The number of fused-ring (bicyclic) bond motifs is 2. The molecule has 3 fully saturated rings. The van der Waals surface area contributed by atoms with E-state index < -0.39 is 29.7 Å².